The Kier molecular flexibility index (Phi) is 3.81. The van der Waals surface area contributed by atoms with Crippen LogP contribution in [0.1, 0.15) is 16.7 Å². The summed E-state index contributed by atoms with van der Waals surface area (Å²) in [6.07, 6.45) is 0. The zero-order valence-corrected chi connectivity index (χ0v) is 11.6. The molecule has 0 heterocycles. The predicted octanol–water partition coefficient (Wildman–Crippen LogP) is 3.87. The van der Waals surface area contributed by atoms with Gasteiger partial charge in [-0.2, -0.15) is 0 Å². The molecule has 19 heavy (non-hydrogen) atoms. The van der Waals surface area contributed by atoms with Gasteiger partial charge in [-0.1, -0.05) is 30.4 Å². The summed E-state index contributed by atoms with van der Waals surface area (Å²) >= 11 is 5.00. The highest BCUT2D eigenvalue weighted by molar-refractivity contribution is 7.80. The van der Waals surface area contributed by atoms with Gasteiger partial charge in [0, 0.05) is 6.07 Å². The Hall–Kier alpha value is -1.94. The smallest absolute Gasteiger partial charge is 0.140 e. The number of nitrogens with two attached hydrogens (primary N) is 1. The molecular weight excluding hydrogens is 261 g/mol. The third kappa shape index (κ3) is 2.90. The minimum absolute atomic E-state index is 0.256. The molecule has 2 N–H and O–H groups in total. The van der Waals surface area contributed by atoms with Crippen molar-refractivity contribution in [3.63, 3.8) is 0 Å². The summed E-state index contributed by atoms with van der Waals surface area (Å²) < 4.78 is 19.2. The molecule has 98 valence electrons. The van der Waals surface area contributed by atoms with Crippen LogP contribution in [0.15, 0.2) is 36.4 Å². The van der Waals surface area contributed by atoms with E-state index in [4.69, 9.17) is 22.7 Å². The summed E-state index contributed by atoms with van der Waals surface area (Å²) in [5.41, 5.74) is 7.79. The summed E-state index contributed by atoms with van der Waals surface area (Å²) in [5, 5.41) is 0. The lowest BCUT2D eigenvalue weighted by Gasteiger charge is -2.13. The van der Waals surface area contributed by atoms with Gasteiger partial charge in [-0.15, -0.1) is 0 Å². The molecule has 0 atom stereocenters. The number of rotatable bonds is 3. The van der Waals surface area contributed by atoms with Crippen LogP contribution in [0.25, 0.3) is 0 Å². The molecule has 0 fully saturated rings. The van der Waals surface area contributed by atoms with E-state index in [1.54, 1.807) is 25.1 Å². The van der Waals surface area contributed by atoms with Crippen molar-refractivity contribution in [2.45, 2.75) is 13.8 Å². The van der Waals surface area contributed by atoms with Crippen molar-refractivity contribution < 1.29 is 9.13 Å². The molecule has 0 saturated carbocycles. The third-order valence-electron chi connectivity index (χ3n) is 2.84. The van der Waals surface area contributed by atoms with Gasteiger partial charge in [0.15, 0.2) is 0 Å². The Bertz CT molecular complexity index is 640. The lowest BCUT2D eigenvalue weighted by Crippen LogP contribution is -2.11. The lowest BCUT2D eigenvalue weighted by atomic mass is 10.1. The fourth-order valence-electron chi connectivity index (χ4n) is 1.74. The van der Waals surface area contributed by atoms with Gasteiger partial charge < -0.3 is 10.5 Å². The Morgan fingerprint density at radius 2 is 1.89 bits per heavy atom. The van der Waals surface area contributed by atoms with Crippen molar-refractivity contribution in [1.82, 2.24) is 0 Å². The molecule has 0 bridgehead atoms. The highest BCUT2D eigenvalue weighted by Crippen LogP contribution is 2.29. The van der Waals surface area contributed by atoms with Gasteiger partial charge in [-0.05, 0) is 37.1 Å². The SMILES string of the molecule is Cc1ccc(Oc2c(C)cccc2C(N)=S)cc1F. The Balaban J connectivity index is 2.42. The van der Waals surface area contributed by atoms with Gasteiger partial charge >= 0.3 is 0 Å². The van der Waals surface area contributed by atoms with Crippen LogP contribution < -0.4 is 10.5 Å². The van der Waals surface area contributed by atoms with E-state index in [0.29, 0.717) is 22.6 Å². The summed E-state index contributed by atoms with van der Waals surface area (Å²) in [5.74, 6) is 0.691. The van der Waals surface area contributed by atoms with Crippen LogP contribution in [0.2, 0.25) is 0 Å². The van der Waals surface area contributed by atoms with Crippen LogP contribution in [0.3, 0.4) is 0 Å². The van der Waals surface area contributed by atoms with Gasteiger partial charge in [0.2, 0.25) is 0 Å². The van der Waals surface area contributed by atoms with Gasteiger partial charge in [-0.25, -0.2) is 4.39 Å². The summed E-state index contributed by atoms with van der Waals surface area (Å²) in [6, 6.07) is 10.3. The minimum Gasteiger partial charge on any atom is -0.456 e. The second-order valence-electron chi connectivity index (χ2n) is 4.33. The van der Waals surface area contributed by atoms with E-state index in [2.05, 4.69) is 0 Å². The zero-order chi connectivity index (χ0) is 14.0. The second-order valence-corrected chi connectivity index (χ2v) is 4.77. The molecule has 0 amide bonds. The molecule has 0 spiro atoms. The van der Waals surface area contributed by atoms with Gasteiger partial charge in [0.05, 0.1) is 5.56 Å². The average molecular weight is 275 g/mol. The Labute approximate surface area is 117 Å². The van der Waals surface area contributed by atoms with Crippen LogP contribution in [0.4, 0.5) is 4.39 Å². The van der Waals surface area contributed by atoms with Crippen LogP contribution in [0.5, 0.6) is 11.5 Å². The maximum Gasteiger partial charge on any atom is 0.140 e. The molecule has 0 saturated heterocycles. The molecule has 0 aromatic heterocycles. The summed E-state index contributed by atoms with van der Waals surface area (Å²) in [4.78, 5) is 0.256. The van der Waals surface area contributed by atoms with Crippen molar-refractivity contribution in [2.24, 2.45) is 5.73 Å². The number of ether oxygens (including phenoxy) is 1. The van der Waals surface area contributed by atoms with Crippen LogP contribution in [-0.4, -0.2) is 4.99 Å². The normalized spacial score (nSPS) is 10.3. The van der Waals surface area contributed by atoms with Crippen molar-refractivity contribution in [3.8, 4) is 11.5 Å². The fourth-order valence-corrected chi connectivity index (χ4v) is 1.90. The molecule has 0 radical (unpaired) electrons. The largest absolute Gasteiger partial charge is 0.456 e. The molecular formula is C15H14FNOS. The van der Waals surface area contributed by atoms with E-state index >= 15 is 0 Å². The van der Waals surface area contributed by atoms with Crippen molar-refractivity contribution >= 4 is 17.2 Å². The van der Waals surface area contributed by atoms with E-state index in [1.165, 1.54) is 6.07 Å². The molecule has 0 unspecified atom stereocenters. The van der Waals surface area contributed by atoms with E-state index in [9.17, 15) is 4.39 Å². The van der Waals surface area contributed by atoms with Crippen LogP contribution in [0, 0.1) is 19.7 Å². The molecule has 2 aromatic rings. The van der Waals surface area contributed by atoms with Crippen molar-refractivity contribution in [1.29, 1.82) is 0 Å². The highest BCUT2D eigenvalue weighted by Gasteiger charge is 2.11. The first-order chi connectivity index (χ1) is 8.99. The highest BCUT2D eigenvalue weighted by atomic mass is 32.1. The first-order valence-corrected chi connectivity index (χ1v) is 6.23. The van der Waals surface area contributed by atoms with Gasteiger partial charge in [0.25, 0.3) is 0 Å². The van der Waals surface area contributed by atoms with E-state index in [1.807, 2.05) is 19.1 Å². The molecule has 2 aromatic carbocycles. The fraction of sp³-hybridized carbons (Fsp3) is 0.133. The van der Waals surface area contributed by atoms with E-state index in [0.717, 1.165) is 5.56 Å². The van der Waals surface area contributed by atoms with Crippen molar-refractivity contribution in [3.05, 3.63) is 58.9 Å². The predicted molar refractivity (Wildman–Crippen MR) is 78.3 cm³/mol. The van der Waals surface area contributed by atoms with Crippen LogP contribution in [-0.2, 0) is 0 Å². The number of para-hydroxylation sites is 1. The number of hydrogen-bond donors (Lipinski definition) is 1. The second kappa shape index (κ2) is 5.36. The summed E-state index contributed by atoms with van der Waals surface area (Å²) in [6.45, 7) is 3.59. The van der Waals surface area contributed by atoms with E-state index < -0.39 is 0 Å². The number of benzene rings is 2. The number of hydrogen-bond acceptors (Lipinski definition) is 2. The number of aryl methyl sites for hydroxylation is 2. The molecule has 0 aliphatic carbocycles. The first kappa shape index (κ1) is 13.5. The number of thiocarbonyl (C=S) groups is 1. The quantitative estimate of drug-likeness (QED) is 0.864. The van der Waals surface area contributed by atoms with Crippen molar-refractivity contribution in [2.75, 3.05) is 0 Å². The molecule has 2 nitrogen and oxygen atoms in total. The minimum atomic E-state index is -0.303. The van der Waals surface area contributed by atoms with Crippen LogP contribution >= 0.6 is 12.2 Å². The van der Waals surface area contributed by atoms with Gasteiger partial charge in [-0.3, -0.25) is 0 Å². The average Bonchev–Trinajstić information content (AvgIpc) is 2.36. The maximum atomic E-state index is 13.5. The van der Waals surface area contributed by atoms with E-state index in [-0.39, 0.29) is 10.8 Å². The van der Waals surface area contributed by atoms with Gasteiger partial charge in [0.1, 0.15) is 22.3 Å². The Morgan fingerprint density at radius 1 is 1.16 bits per heavy atom. The monoisotopic (exact) mass is 275 g/mol. The first-order valence-electron chi connectivity index (χ1n) is 5.82. The molecule has 0 aliphatic heterocycles. The molecule has 2 rings (SSSR count). The molecule has 4 heteroatoms. The zero-order valence-electron chi connectivity index (χ0n) is 10.7. The maximum absolute atomic E-state index is 13.5. The molecule has 0 aliphatic rings. The number of halogens is 1. The third-order valence-corrected chi connectivity index (χ3v) is 3.06. The standard InChI is InChI=1S/C15H14FNOS/c1-9-6-7-11(8-13(9)16)18-14-10(2)4-3-5-12(14)15(17)19/h3-8H,1-2H3,(H2,17,19). The lowest BCUT2D eigenvalue weighted by molar-refractivity contribution is 0.471. The summed E-state index contributed by atoms with van der Waals surface area (Å²) in [7, 11) is 0. The Morgan fingerprint density at radius 3 is 2.53 bits per heavy atom. The topological polar surface area (TPSA) is 35.2 Å².